The highest BCUT2D eigenvalue weighted by Crippen LogP contribution is 2.30. The first-order valence-electron chi connectivity index (χ1n) is 5.18. The molecule has 0 bridgehead atoms. The minimum absolute atomic E-state index is 0.648. The zero-order valence-electron chi connectivity index (χ0n) is 8.79. The van der Waals surface area contributed by atoms with E-state index in [1.165, 1.54) is 17.9 Å². The number of thioether (sulfide) groups is 1. The standard InChI is InChI=1S/C10H17N3S/c1-3-11-10-12-8(2)6-13(10)9-4-5-14-7-9/h6,9H,3-5,7H2,1-2H3,(H,11,12). The van der Waals surface area contributed by atoms with Crippen LogP contribution in [0, 0.1) is 6.92 Å². The van der Waals surface area contributed by atoms with Crippen molar-refractivity contribution in [2.75, 3.05) is 23.4 Å². The topological polar surface area (TPSA) is 29.9 Å². The van der Waals surface area contributed by atoms with Gasteiger partial charge in [0.05, 0.1) is 5.69 Å². The summed E-state index contributed by atoms with van der Waals surface area (Å²) in [5.41, 5.74) is 1.11. The summed E-state index contributed by atoms with van der Waals surface area (Å²) in [5, 5.41) is 3.32. The molecule has 14 heavy (non-hydrogen) atoms. The number of rotatable bonds is 3. The summed E-state index contributed by atoms with van der Waals surface area (Å²) in [6, 6.07) is 0.648. The minimum Gasteiger partial charge on any atom is -0.356 e. The van der Waals surface area contributed by atoms with E-state index < -0.39 is 0 Å². The Hall–Kier alpha value is -0.640. The molecule has 0 radical (unpaired) electrons. The molecule has 1 unspecified atom stereocenters. The molecular formula is C10H17N3S. The molecule has 4 heteroatoms. The molecule has 0 aliphatic carbocycles. The van der Waals surface area contributed by atoms with Crippen LogP contribution in [0.4, 0.5) is 5.95 Å². The Bertz CT molecular complexity index is 302. The monoisotopic (exact) mass is 211 g/mol. The fourth-order valence-electron chi connectivity index (χ4n) is 1.82. The van der Waals surface area contributed by atoms with Crippen molar-refractivity contribution in [2.24, 2.45) is 0 Å². The molecule has 1 N–H and O–H groups in total. The number of aromatic nitrogens is 2. The van der Waals surface area contributed by atoms with Gasteiger partial charge in [-0.3, -0.25) is 0 Å². The predicted octanol–water partition coefficient (Wildman–Crippen LogP) is 2.30. The van der Waals surface area contributed by atoms with E-state index in [0.29, 0.717) is 6.04 Å². The van der Waals surface area contributed by atoms with E-state index in [1.54, 1.807) is 0 Å². The molecule has 0 amide bonds. The fourth-order valence-corrected chi connectivity index (χ4v) is 3.03. The van der Waals surface area contributed by atoms with Gasteiger partial charge >= 0.3 is 0 Å². The van der Waals surface area contributed by atoms with Crippen molar-refractivity contribution < 1.29 is 0 Å². The lowest BCUT2D eigenvalue weighted by molar-refractivity contribution is 0.564. The number of imidazole rings is 1. The first kappa shape index (κ1) is 9.90. The number of hydrogen-bond acceptors (Lipinski definition) is 3. The van der Waals surface area contributed by atoms with Crippen LogP contribution in [0.2, 0.25) is 0 Å². The minimum atomic E-state index is 0.648. The molecule has 2 heterocycles. The van der Waals surface area contributed by atoms with Crippen LogP contribution in [0.3, 0.4) is 0 Å². The van der Waals surface area contributed by atoms with Crippen LogP contribution in [0.25, 0.3) is 0 Å². The number of anilines is 1. The van der Waals surface area contributed by atoms with E-state index in [9.17, 15) is 0 Å². The van der Waals surface area contributed by atoms with Crippen LogP contribution < -0.4 is 5.32 Å². The molecule has 1 aliphatic rings. The zero-order chi connectivity index (χ0) is 9.97. The van der Waals surface area contributed by atoms with Gasteiger partial charge in [-0.15, -0.1) is 0 Å². The largest absolute Gasteiger partial charge is 0.356 e. The van der Waals surface area contributed by atoms with E-state index in [4.69, 9.17) is 0 Å². The van der Waals surface area contributed by atoms with Gasteiger partial charge in [-0.2, -0.15) is 11.8 Å². The first-order valence-corrected chi connectivity index (χ1v) is 6.34. The highest BCUT2D eigenvalue weighted by Gasteiger charge is 2.20. The third-order valence-electron chi connectivity index (χ3n) is 2.49. The Labute approximate surface area is 89.3 Å². The second-order valence-corrected chi connectivity index (χ2v) is 4.81. The average molecular weight is 211 g/mol. The van der Waals surface area contributed by atoms with Crippen molar-refractivity contribution in [3.05, 3.63) is 11.9 Å². The van der Waals surface area contributed by atoms with Gasteiger partial charge in [0.2, 0.25) is 5.95 Å². The van der Waals surface area contributed by atoms with Crippen LogP contribution in [-0.4, -0.2) is 27.6 Å². The van der Waals surface area contributed by atoms with E-state index in [0.717, 1.165) is 18.2 Å². The molecule has 0 aromatic carbocycles. The Morgan fingerprint density at radius 2 is 2.57 bits per heavy atom. The van der Waals surface area contributed by atoms with E-state index >= 15 is 0 Å². The fraction of sp³-hybridized carbons (Fsp3) is 0.700. The molecule has 1 atom stereocenters. The summed E-state index contributed by atoms with van der Waals surface area (Å²) in [7, 11) is 0. The van der Waals surface area contributed by atoms with Crippen LogP contribution >= 0.6 is 11.8 Å². The molecule has 78 valence electrons. The Balaban J connectivity index is 2.21. The SMILES string of the molecule is CCNc1nc(C)cn1C1CCSC1. The average Bonchev–Trinajstić information content (AvgIpc) is 2.74. The van der Waals surface area contributed by atoms with Gasteiger partial charge in [0.15, 0.2) is 0 Å². The maximum absolute atomic E-state index is 4.49. The number of nitrogens with zero attached hydrogens (tertiary/aromatic N) is 2. The maximum Gasteiger partial charge on any atom is 0.203 e. The third kappa shape index (κ3) is 1.90. The molecule has 0 saturated carbocycles. The van der Waals surface area contributed by atoms with Crippen LogP contribution in [-0.2, 0) is 0 Å². The van der Waals surface area contributed by atoms with Gasteiger partial charge < -0.3 is 9.88 Å². The molecule has 1 aromatic heterocycles. The summed E-state index contributed by atoms with van der Waals surface area (Å²) >= 11 is 2.04. The lowest BCUT2D eigenvalue weighted by Crippen LogP contribution is -2.12. The summed E-state index contributed by atoms with van der Waals surface area (Å²) in [6.45, 7) is 5.10. The molecule has 1 saturated heterocycles. The number of nitrogens with one attached hydrogen (secondary N) is 1. The van der Waals surface area contributed by atoms with Gasteiger partial charge in [0.1, 0.15) is 0 Å². The normalized spacial score (nSPS) is 21.4. The van der Waals surface area contributed by atoms with Gasteiger partial charge in [0, 0.05) is 24.5 Å². The van der Waals surface area contributed by atoms with Crippen LogP contribution in [0.5, 0.6) is 0 Å². The molecule has 3 nitrogen and oxygen atoms in total. The second kappa shape index (κ2) is 4.26. The zero-order valence-corrected chi connectivity index (χ0v) is 9.60. The van der Waals surface area contributed by atoms with Crippen LogP contribution in [0.15, 0.2) is 6.20 Å². The Morgan fingerprint density at radius 1 is 1.71 bits per heavy atom. The maximum atomic E-state index is 4.49. The van der Waals surface area contributed by atoms with Crippen molar-refractivity contribution in [1.29, 1.82) is 0 Å². The van der Waals surface area contributed by atoms with Gasteiger partial charge in [-0.05, 0) is 26.0 Å². The highest BCUT2D eigenvalue weighted by molar-refractivity contribution is 7.99. The summed E-state index contributed by atoms with van der Waals surface area (Å²) in [6.07, 6.45) is 3.44. The van der Waals surface area contributed by atoms with Crippen molar-refractivity contribution in [1.82, 2.24) is 9.55 Å². The number of hydrogen-bond donors (Lipinski definition) is 1. The Morgan fingerprint density at radius 3 is 3.21 bits per heavy atom. The van der Waals surface area contributed by atoms with E-state index in [-0.39, 0.29) is 0 Å². The van der Waals surface area contributed by atoms with E-state index in [2.05, 4.69) is 34.9 Å². The van der Waals surface area contributed by atoms with Gasteiger partial charge in [0.25, 0.3) is 0 Å². The van der Waals surface area contributed by atoms with Crippen molar-refractivity contribution >= 4 is 17.7 Å². The molecule has 1 fully saturated rings. The van der Waals surface area contributed by atoms with Gasteiger partial charge in [-0.25, -0.2) is 4.98 Å². The second-order valence-electron chi connectivity index (χ2n) is 3.66. The summed E-state index contributed by atoms with van der Waals surface area (Å²) < 4.78 is 2.30. The Kier molecular flexibility index (Phi) is 3.01. The lowest BCUT2D eigenvalue weighted by atomic mass is 10.2. The number of aryl methyl sites for hydroxylation is 1. The van der Waals surface area contributed by atoms with Gasteiger partial charge in [-0.1, -0.05) is 0 Å². The van der Waals surface area contributed by atoms with Crippen LogP contribution in [0.1, 0.15) is 25.1 Å². The molecule has 2 rings (SSSR count). The molecule has 1 aliphatic heterocycles. The molecular weight excluding hydrogens is 194 g/mol. The summed E-state index contributed by atoms with van der Waals surface area (Å²) in [4.78, 5) is 4.49. The third-order valence-corrected chi connectivity index (χ3v) is 3.63. The smallest absolute Gasteiger partial charge is 0.203 e. The molecule has 0 spiro atoms. The first-order chi connectivity index (χ1) is 6.81. The lowest BCUT2D eigenvalue weighted by Gasteiger charge is -2.14. The van der Waals surface area contributed by atoms with Crippen molar-refractivity contribution in [2.45, 2.75) is 26.3 Å². The summed E-state index contributed by atoms with van der Waals surface area (Å²) in [5.74, 6) is 3.55. The molecule has 1 aromatic rings. The quantitative estimate of drug-likeness (QED) is 0.832. The van der Waals surface area contributed by atoms with E-state index in [1.807, 2.05) is 11.8 Å². The van der Waals surface area contributed by atoms with Crippen molar-refractivity contribution in [3.63, 3.8) is 0 Å². The highest BCUT2D eigenvalue weighted by atomic mass is 32.2. The predicted molar refractivity (Wildman–Crippen MR) is 62.1 cm³/mol. The van der Waals surface area contributed by atoms with Crippen molar-refractivity contribution in [3.8, 4) is 0 Å².